The zero-order valence-corrected chi connectivity index (χ0v) is 13.9. The van der Waals surface area contributed by atoms with Crippen molar-refractivity contribution in [3.05, 3.63) is 64.8 Å². The van der Waals surface area contributed by atoms with Gasteiger partial charge in [-0.3, -0.25) is 14.5 Å². The number of fused-ring (bicyclic) bond motifs is 1. The summed E-state index contributed by atoms with van der Waals surface area (Å²) in [5, 5.41) is 0. The van der Waals surface area contributed by atoms with Crippen molar-refractivity contribution in [1.82, 2.24) is 19.4 Å². The number of para-hydroxylation sites is 2. The molecule has 5 heteroatoms. The van der Waals surface area contributed by atoms with E-state index in [0.29, 0.717) is 6.04 Å². The van der Waals surface area contributed by atoms with Gasteiger partial charge < -0.3 is 4.98 Å². The minimum atomic E-state index is 0.00687. The topological polar surface area (TPSA) is 53.9 Å². The van der Waals surface area contributed by atoms with Gasteiger partial charge in [0.15, 0.2) is 0 Å². The molecule has 0 amide bonds. The highest BCUT2D eigenvalue weighted by atomic mass is 16.1. The van der Waals surface area contributed by atoms with Crippen LogP contribution in [0, 0.1) is 0 Å². The molecule has 1 atom stereocenters. The van der Waals surface area contributed by atoms with Crippen molar-refractivity contribution in [2.24, 2.45) is 0 Å². The van der Waals surface area contributed by atoms with Gasteiger partial charge in [0.05, 0.1) is 16.7 Å². The minimum absolute atomic E-state index is 0.00687. The summed E-state index contributed by atoms with van der Waals surface area (Å²) in [6.45, 7) is 4.17. The number of aromatic amines is 1. The van der Waals surface area contributed by atoms with E-state index in [4.69, 9.17) is 0 Å². The number of nitrogens with one attached hydrogen (secondary N) is 1. The standard InChI is InChI=1S/C19H22N4O/c1-14(16-6-4-5-11-20-16)22-12-9-15(10-13-22)23-18-8-3-2-7-17(18)21-19(23)24/h2-8,11,14-15H,9-10,12-13H2,1H3,(H,21,24). The molecule has 1 aliphatic heterocycles. The van der Waals surface area contributed by atoms with Crippen LogP contribution in [0.2, 0.25) is 0 Å². The highest BCUT2D eigenvalue weighted by molar-refractivity contribution is 5.75. The number of rotatable bonds is 3. The molecule has 0 aliphatic carbocycles. The molecule has 4 rings (SSSR count). The van der Waals surface area contributed by atoms with Crippen molar-refractivity contribution in [1.29, 1.82) is 0 Å². The van der Waals surface area contributed by atoms with Crippen molar-refractivity contribution >= 4 is 11.0 Å². The first-order chi connectivity index (χ1) is 11.7. The number of nitrogens with zero attached hydrogens (tertiary/aromatic N) is 3. The fourth-order valence-electron chi connectivity index (χ4n) is 3.78. The lowest BCUT2D eigenvalue weighted by Gasteiger charge is -2.36. The minimum Gasteiger partial charge on any atom is -0.306 e. The van der Waals surface area contributed by atoms with Crippen LogP contribution in [-0.2, 0) is 0 Å². The molecule has 1 fully saturated rings. The first-order valence-corrected chi connectivity index (χ1v) is 8.58. The number of likely N-dealkylation sites (tertiary alicyclic amines) is 1. The largest absolute Gasteiger partial charge is 0.326 e. The Balaban J connectivity index is 1.52. The second-order valence-electron chi connectivity index (χ2n) is 6.52. The Kier molecular flexibility index (Phi) is 3.94. The van der Waals surface area contributed by atoms with E-state index in [-0.39, 0.29) is 11.7 Å². The fraction of sp³-hybridized carbons (Fsp3) is 0.368. The third kappa shape index (κ3) is 2.65. The van der Waals surface area contributed by atoms with E-state index in [1.807, 2.05) is 47.2 Å². The van der Waals surface area contributed by atoms with Gasteiger partial charge in [-0.05, 0) is 44.0 Å². The van der Waals surface area contributed by atoms with E-state index >= 15 is 0 Å². The van der Waals surface area contributed by atoms with Crippen LogP contribution in [0.25, 0.3) is 11.0 Å². The van der Waals surface area contributed by atoms with Gasteiger partial charge in [-0.2, -0.15) is 0 Å². The van der Waals surface area contributed by atoms with Gasteiger partial charge in [0, 0.05) is 31.4 Å². The van der Waals surface area contributed by atoms with Crippen LogP contribution in [-0.4, -0.2) is 32.5 Å². The zero-order valence-electron chi connectivity index (χ0n) is 13.9. The number of imidazole rings is 1. The number of aromatic nitrogens is 3. The Morgan fingerprint density at radius 3 is 2.62 bits per heavy atom. The summed E-state index contributed by atoms with van der Waals surface area (Å²) in [5.41, 5.74) is 3.05. The Hall–Kier alpha value is -2.40. The third-order valence-electron chi connectivity index (χ3n) is 5.15. The second-order valence-corrected chi connectivity index (χ2v) is 6.52. The van der Waals surface area contributed by atoms with E-state index in [1.165, 1.54) is 0 Å². The van der Waals surface area contributed by atoms with Gasteiger partial charge in [0.2, 0.25) is 0 Å². The monoisotopic (exact) mass is 322 g/mol. The smallest absolute Gasteiger partial charge is 0.306 e. The molecule has 2 aromatic heterocycles. The SMILES string of the molecule is CC(c1ccccn1)N1CCC(n2c(=O)[nH]c3ccccc32)CC1. The Morgan fingerprint density at radius 1 is 1.12 bits per heavy atom. The highest BCUT2D eigenvalue weighted by Gasteiger charge is 2.26. The lowest BCUT2D eigenvalue weighted by Crippen LogP contribution is -2.38. The molecule has 3 aromatic rings. The Morgan fingerprint density at radius 2 is 1.88 bits per heavy atom. The van der Waals surface area contributed by atoms with Crippen LogP contribution >= 0.6 is 0 Å². The number of H-pyrrole nitrogens is 1. The molecule has 5 nitrogen and oxygen atoms in total. The molecular weight excluding hydrogens is 300 g/mol. The van der Waals surface area contributed by atoms with E-state index in [0.717, 1.165) is 42.7 Å². The van der Waals surface area contributed by atoms with Crippen molar-refractivity contribution in [2.45, 2.75) is 31.8 Å². The van der Waals surface area contributed by atoms with E-state index < -0.39 is 0 Å². The van der Waals surface area contributed by atoms with Crippen molar-refractivity contribution in [3.8, 4) is 0 Å². The molecule has 0 bridgehead atoms. The number of hydrogen-bond acceptors (Lipinski definition) is 3. The van der Waals surface area contributed by atoms with Gasteiger partial charge in [-0.15, -0.1) is 0 Å². The average Bonchev–Trinajstić information content (AvgIpc) is 2.98. The predicted molar refractivity (Wildman–Crippen MR) is 95.1 cm³/mol. The zero-order chi connectivity index (χ0) is 16.5. The number of pyridine rings is 1. The summed E-state index contributed by atoms with van der Waals surface area (Å²) in [5.74, 6) is 0. The van der Waals surface area contributed by atoms with Gasteiger partial charge >= 0.3 is 5.69 Å². The van der Waals surface area contributed by atoms with E-state index in [9.17, 15) is 4.79 Å². The third-order valence-corrected chi connectivity index (χ3v) is 5.15. The van der Waals surface area contributed by atoms with Crippen LogP contribution < -0.4 is 5.69 Å². The Labute approximate surface area is 140 Å². The molecule has 0 spiro atoms. The van der Waals surface area contributed by atoms with Crippen LogP contribution in [0.3, 0.4) is 0 Å². The number of hydrogen-bond donors (Lipinski definition) is 1. The maximum absolute atomic E-state index is 12.4. The molecule has 0 radical (unpaired) electrons. The molecule has 1 aliphatic rings. The van der Waals surface area contributed by atoms with Gasteiger partial charge in [-0.25, -0.2) is 4.79 Å². The number of benzene rings is 1. The molecular formula is C19H22N4O. The van der Waals surface area contributed by atoms with Crippen LogP contribution in [0.5, 0.6) is 0 Å². The number of piperidine rings is 1. The predicted octanol–water partition coefficient (Wildman–Crippen LogP) is 3.12. The van der Waals surface area contributed by atoms with Crippen molar-refractivity contribution in [2.75, 3.05) is 13.1 Å². The maximum Gasteiger partial charge on any atom is 0.326 e. The molecule has 1 unspecified atom stereocenters. The van der Waals surface area contributed by atoms with Crippen LogP contribution in [0.15, 0.2) is 53.5 Å². The molecule has 1 N–H and O–H groups in total. The highest BCUT2D eigenvalue weighted by Crippen LogP contribution is 2.29. The maximum atomic E-state index is 12.4. The van der Waals surface area contributed by atoms with Crippen molar-refractivity contribution < 1.29 is 0 Å². The second kappa shape index (κ2) is 6.24. The van der Waals surface area contributed by atoms with Gasteiger partial charge in [0.25, 0.3) is 0 Å². The lowest BCUT2D eigenvalue weighted by atomic mass is 10.0. The lowest BCUT2D eigenvalue weighted by molar-refractivity contribution is 0.141. The summed E-state index contributed by atoms with van der Waals surface area (Å²) in [7, 11) is 0. The van der Waals surface area contributed by atoms with Crippen LogP contribution in [0.4, 0.5) is 0 Å². The van der Waals surface area contributed by atoms with Gasteiger partial charge in [0.1, 0.15) is 0 Å². The Bertz CT molecular complexity index is 875. The summed E-state index contributed by atoms with van der Waals surface area (Å²) >= 11 is 0. The van der Waals surface area contributed by atoms with Gasteiger partial charge in [-0.1, -0.05) is 18.2 Å². The summed E-state index contributed by atoms with van der Waals surface area (Å²) in [6, 6.07) is 14.6. The quantitative estimate of drug-likeness (QED) is 0.806. The first-order valence-electron chi connectivity index (χ1n) is 8.58. The summed E-state index contributed by atoms with van der Waals surface area (Å²) in [4.78, 5) is 22.3. The molecule has 24 heavy (non-hydrogen) atoms. The fourth-order valence-corrected chi connectivity index (χ4v) is 3.78. The summed E-state index contributed by atoms with van der Waals surface area (Å²) in [6.07, 6.45) is 3.82. The van der Waals surface area contributed by atoms with E-state index in [1.54, 1.807) is 0 Å². The first kappa shape index (κ1) is 15.1. The normalized spacial score (nSPS) is 18.0. The van der Waals surface area contributed by atoms with Crippen molar-refractivity contribution in [3.63, 3.8) is 0 Å². The molecule has 1 aromatic carbocycles. The summed E-state index contributed by atoms with van der Waals surface area (Å²) < 4.78 is 1.94. The molecule has 1 saturated heterocycles. The average molecular weight is 322 g/mol. The molecule has 3 heterocycles. The molecule has 124 valence electrons. The van der Waals surface area contributed by atoms with Crippen LogP contribution in [0.1, 0.15) is 37.5 Å². The molecule has 0 saturated carbocycles. The van der Waals surface area contributed by atoms with E-state index in [2.05, 4.69) is 27.9 Å².